The molecule has 2 amide bonds. The Morgan fingerprint density at radius 3 is 2.37 bits per heavy atom. The monoisotopic (exact) mass is 460 g/mol. The summed E-state index contributed by atoms with van der Waals surface area (Å²) in [4.78, 5) is 23.4. The highest BCUT2D eigenvalue weighted by Crippen LogP contribution is 2.29. The highest BCUT2D eigenvalue weighted by atomic mass is 35.5. The summed E-state index contributed by atoms with van der Waals surface area (Å²) in [5.74, 6) is 0.124. The maximum atomic E-state index is 12.5. The van der Waals surface area contributed by atoms with Crippen molar-refractivity contribution in [3.05, 3.63) is 41.5 Å². The fraction of sp³-hybridized carbons (Fsp3) is 0.524. The van der Waals surface area contributed by atoms with Gasteiger partial charge in [-0.3, -0.25) is 14.9 Å². The minimum absolute atomic E-state index is 0. The SMILES string of the molecule is CC1(C)C=C(C(=O)NCCCNCc2ccccc2OCC(N)=O)C(C)(C)N1.Cl.Cl. The Bertz CT molecular complexity index is 752. The molecule has 0 fully saturated rings. The van der Waals surface area contributed by atoms with Gasteiger partial charge in [-0.15, -0.1) is 24.8 Å². The Labute approximate surface area is 191 Å². The minimum atomic E-state index is -0.502. The van der Waals surface area contributed by atoms with E-state index in [1.54, 1.807) is 0 Å². The third-order valence-corrected chi connectivity index (χ3v) is 4.53. The zero-order valence-corrected chi connectivity index (χ0v) is 19.7. The van der Waals surface area contributed by atoms with Crippen LogP contribution in [0, 0.1) is 0 Å². The number of benzene rings is 1. The highest BCUT2D eigenvalue weighted by Gasteiger charge is 2.39. The van der Waals surface area contributed by atoms with E-state index in [4.69, 9.17) is 10.5 Å². The summed E-state index contributed by atoms with van der Waals surface area (Å²) in [5.41, 5.74) is 6.35. The molecule has 0 aliphatic carbocycles. The number of hydrogen-bond acceptors (Lipinski definition) is 5. The van der Waals surface area contributed by atoms with Gasteiger partial charge >= 0.3 is 0 Å². The molecule has 170 valence electrons. The zero-order chi connectivity index (χ0) is 20.8. The number of amides is 2. The Balaban J connectivity index is 0.00000420. The Hall–Kier alpha value is -1.80. The van der Waals surface area contributed by atoms with Gasteiger partial charge in [0.15, 0.2) is 6.61 Å². The third-order valence-electron chi connectivity index (χ3n) is 4.53. The summed E-state index contributed by atoms with van der Waals surface area (Å²) in [7, 11) is 0. The molecular formula is C21H34Cl2N4O3. The van der Waals surface area contributed by atoms with Crippen molar-refractivity contribution in [2.24, 2.45) is 5.73 Å². The summed E-state index contributed by atoms with van der Waals surface area (Å²) in [6, 6.07) is 7.52. The van der Waals surface area contributed by atoms with Gasteiger partial charge in [-0.1, -0.05) is 24.3 Å². The molecule has 0 atom stereocenters. The van der Waals surface area contributed by atoms with Crippen LogP contribution in [0.1, 0.15) is 39.7 Å². The molecule has 5 N–H and O–H groups in total. The van der Waals surface area contributed by atoms with Gasteiger partial charge in [0.05, 0.1) is 0 Å². The molecule has 0 radical (unpaired) electrons. The molecule has 0 bridgehead atoms. The normalized spacial score (nSPS) is 15.9. The van der Waals surface area contributed by atoms with Crippen molar-refractivity contribution in [3.8, 4) is 5.75 Å². The van der Waals surface area contributed by atoms with Crippen molar-refractivity contribution in [1.29, 1.82) is 0 Å². The standard InChI is InChI=1S/C21H32N4O3.2ClH/c1-20(2)12-16(21(3,4)25-20)19(27)24-11-7-10-23-13-15-8-5-6-9-17(15)28-14-18(22)26;;/h5-6,8-9,12,23,25H,7,10-11,13-14H2,1-4H3,(H2,22,26)(H,24,27);2*1H. The van der Waals surface area contributed by atoms with Crippen molar-refractivity contribution >= 4 is 36.6 Å². The molecule has 1 aliphatic rings. The summed E-state index contributed by atoms with van der Waals surface area (Å²) in [6.07, 6.45) is 2.81. The van der Waals surface area contributed by atoms with Crippen LogP contribution in [0.3, 0.4) is 0 Å². The lowest BCUT2D eigenvalue weighted by atomic mass is 9.96. The molecule has 1 aliphatic heterocycles. The molecule has 0 spiro atoms. The van der Waals surface area contributed by atoms with Crippen LogP contribution in [-0.4, -0.2) is 42.6 Å². The Morgan fingerprint density at radius 1 is 1.10 bits per heavy atom. The summed E-state index contributed by atoms with van der Waals surface area (Å²) in [5, 5.41) is 9.77. The second kappa shape index (κ2) is 12.2. The first-order valence-corrected chi connectivity index (χ1v) is 9.61. The van der Waals surface area contributed by atoms with Crippen molar-refractivity contribution < 1.29 is 14.3 Å². The zero-order valence-electron chi connectivity index (χ0n) is 18.0. The smallest absolute Gasteiger partial charge is 0.255 e. The van der Waals surface area contributed by atoms with Gasteiger partial charge in [0.25, 0.3) is 5.91 Å². The summed E-state index contributed by atoms with van der Waals surface area (Å²) < 4.78 is 5.42. The van der Waals surface area contributed by atoms with Gasteiger partial charge in [0, 0.05) is 35.3 Å². The van der Waals surface area contributed by atoms with E-state index in [1.807, 2.05) is 44.2 Å². The van der Waals surface area contributed by atoms with Gasteiger partial charge in [0.1, 0.15) is 5.75 Å². The van der Waals surface area contributed by atoms with Crippen LogP contribution in [0.4, 0.5) is 0 Å². The van der Waals surface area contributed by atoms with E-state index < -0.39 is 5.91 Å². The Morgan fingerprint density at radius 2 is 1.77 bits per heavy atom. The fourth-order valence-corrected chi connectivity index (χ4v) is 3.47. The van der Waals surface area contributed by atoms with Gasteiger partial charge in [-0.25, -0.2) is 0 Å². The molecule has 0 aromatic heterocycles. The largest absolute Gasteiger partial charge is 0.483 e. The molecule has 1 aromatic carbocycles. The number of para-hydroxylation sites is 1. The summed E-state index contributed by atoms with van der Waals surface area (Å²) in [6.45, 7) is 9.98. The predicted octanol–water partition coefficient (Wildman–Crippen LogP) is 2.08. The highest BCUT2D eigenvalue weighted by molar-refractivity contribution is 5.96. The van der Waals surface area contributed by atoms with E-state index in [2.05, 4.69) is 29.8 Å². The molecule has 9 heteroatoms. The lowest BCUT2D eigenvalue weighted by Gasteiger charge is -2.27. The number of hydrogen-bond donors (Lipinski definition) is 4. The first-order chi connectivity index (χ1) is 13.1. The molecule has 30 heavy (non-hydrogen) atoms. The topological polar surface area (TPSA) is 105 Å². The van der Waals surface area contributed by atoms with Crippen LogP contribution < -0.4 is 26.4 Å². The average molecular weight is 461 g/mol. The molecule has 2 rings (SSSR count). The van der Waals surface area contributed by atoms with E-state index in [1.165, 1.54) is 0 Å². The maximum absolute atomic E-state index is 12.5. The van der Waals surface area contributed by atoms with E-state index in [9.17, 15) is 9.59 Å². The van der Waals surface area contributed by atoms with Gasteiger partial charge in [-0.05, 0) is 46.7 Å². The lowest BCUT2D eigenvalue weighted by molar-refractivity contribution is -0.120. The van der Waals surface area contributed by atoms with Crippen LogP contribution in [0.2, 0.25) is 0 Å². The van der Waals surface area contributed by atoms with Crippen LogP contribution in [0.25, 0.3) is 0 Å². The number of halogens is 2. The van der Waals surface area contributed by atoms with Crippen molar-refractivity contribution in [2.75, 3.05) is 19.7 Å². The molecule has 0 saturated carbocycles. The first kappa shape index (κ1) is 28.2. The third kappa shape index (κ3) is 8.52. The number of carbonyl (C=O) groups is 2. The number of carbonyl (C=O) groups excluding carboxylic acids is 2. The number of nitrogens with one attached hydrogen (secondary N) is 3. The van der Waals surface area contributed by atoms with Crippen molar-refractivity contribution in [3.63, 3.8) is 0 Å². The number of rotatable bonds is 10. The van der Waals surface area contributed by atoms with E-state index >= 15 is 0 Å². The second-order valence-corrected chi connectivity index (χ2v) is 8.18. The van der Waals surface area contributed by atoms with Crippen LogP contribution in [0.5, 0.6) is 5.75 Å². The number of nitrogens with two attached hydrogens (primary N) is 1. The van der Waals surface area contributed by atoms with Crippen LogP contribution >= 0.6 is 24.8 Å². The molecule has 1 aromatic rings. The van der Waals surface area contributed by atoms with Crippen molar-refractivity contribution in [1.82, 2.24) is 16.0 Å². The lowest BCUT2D eigenvalue weighted by Crippen LogP contribution is -2.47. The predicted molar refractivity (Wildman–Crippen MR) is 124 cm³/mol. The van der Waals surface area contributed by atoms with E-state index in [-0.39, 0.29) is 48.4 Å². The average Bonchev–Trinajstić information content (AvgIpc) is 2.84. The molecule has 0 saturated heterocycles. The fourth-order valence-electron chi connectivity index (χ4n) is 3.47. The molecule has 7 nitrogen and oxygen atoms in total. The minimum Gasteiger partial charge on any atom is -0.483 e. The Kier molecular flexibility index (Phi) is 11.4. The second-order valence-electron chi connectivity index (χ2n) is 8.18. The van der Waals surface area contributed by atoms with Crippen LogP contribution in [-0.2, 0) is 16.1 Å². The maximum Gasteiger partial charge on any atom is 0.255 e. The molecule has 0 unspecified atom stereocenters. The number of ether oxygens (including phenoxy) is 1. The molecular weight excluding hydrogens is 427 g/mol. The quantitative estimate of drug-likeness (QED) is 0.400. The van der Waals surface area contributed by atoms with Crippen LogP contribution in [0.15, 0.2) is 35.9 Å². The van der Waals surface area contributed by atoms with Crippen molar-refractivity contribution in [2.45, 2.75) is 51.7 Å². The summed E-state index contributed by atoms with van der Waals surface area (Å²) >= 11 is 0. The van der Waals surface area contributed by atoms with Gasteiger partial charge in [-0.2, -0.15) is 0 Å². The van der Waals surface area contributed by atoms with E-state index in [0.29, 0.717) is 18.8 Å². The molecule has 1 heterocycles. The van der Waals surface area contributed by atoms with E-state index in [0.717, 1.165) is 24.1 Å². The first-order valence-electron chi connectivity index (χ1n) is 9.61. The van der Waals surface area contributed by atoms with Gasteiger partial charge in [0.2, 0.25) is 5.91 Å². The van der Waals surface area contributed by atoms with Gasteiger partial charge < -0.3 is 21.1 Å². The number of primary amides is 1.